The molecule has 5 nitrogen and oxygen atoms in total. The van der Waals surface area contributed by atoms with Crippen molar-refractivity contribution in [2.45, 2.75) is 11.8 Å². The lowest BCUT2D eigenvalue weighted by atomic mass is 10.3. The third kappa shape index (κ3) is 3.20. The van der Waals surface area contributed by atoms with Gasteiger partial charge in [0.1, 0.15) is 9.88 Å². The number of halogens is 1. The molecule has 8 heteroatoms. The van der Waals surface area contributed by atoms with Crippen LogP contribution in [0.3, 0.4) is 0 Å². The number of aromatic carboxylic acids is 1. The predicted octanol–water partition coefficient (Wildman–Crippen LogP) is 3.32. The summed E-state index contributed by atoms with van der Waals surface area (Å²) in [4.78, 5) is 11.2. The van der Waals surface area contributed by atoms with E-state index >= 15 is 0 Å². The molecule has 1 aromatic carbocycles. The van der Waals surface area contributed by atoms with E-state index in [9.17, 15) is 13.2 Å². The lowest BCUT2D eigenvalue weighted by Gasteiger charge is -2.05. The minimum Gasteiger partial charge on any atom is -0.477 e. The summed E-state index contributed by atoms with van der Waals surface area (Å²) in [6.07, 6.45) is 0. The molecule has 106 valence electrons. The van der Waals surface area contributed by atoms with Crippen molar-refractivity contribution < 1.29 is 18.3 Å². The number of nitrogens with one attached hydrogen (secondary N) is 1. The first-order valence-corrected chi connectivity index (χ1v) is 8.51. The average molecular weight is 376 g/mol. The molecule has 0 amide bonds. The number of sulfonamides is 1. The largest absolute Gasteiger partial charge is 0.477 e. The standard InChI is InChI=1S/C12H10BrNO4S2/c1-7-6-10(19-11(7)12(15)16)14-20(17,18)9-4-2-8(13)3-5-9/h2-6,14H,1H3,(H,15,16). The summed E-state index contributed by atoms with van der Waals surface area (Å²) >= 11 is 4.12. The Bertz CT molecular complexity index is 750. The molecular formula is C12H10BrNO4S2. The molecule has 0 atom stereocenters. The zero-order valence-electron chi connectivity index (χ0n) is 10.3. The zero-order valence-corrected chi connectivity index (χ0v) is 13.5. The summed E-state index contributed by atoms with van der Waals surface area (Å²) in [5, 5.41) is 9.23. The molecule has 1 aromatic heterocycles. The predicted molar refractivity (Wildman–Crippen MR) is 81.0 cm³/mol. The van der Waals surface area contributed by atoms with Crippen LogP contribution in [0.5, 0.6) is 0 Å². The molecule has 2 rings (SSSR count). The number of anilines is 1. The second-order valence-electron chi connectivity index (χ2n) is 3.99. The molecule has 0 aliphatic heterocycles. The van der Waals surface area contributed by atoms with Gasteiger partial charge in [0.25, 0.3) is 10.0 Å². The molecule has 0 saturated carbocycles. The van der Waals surface area contributed by atoms with Crippen LogP contribution in [0, 0.1) is 6.92 Å². The van der Waals surface area contributed by atoms with Crippen LogP contribution in [0.4, 0.5) is 5.00 Å². The van der Waals surface area contributed by atoms with Crippen molar-refractivity contribution in [1.29, 1.82) is 0 Å². The van der Waals surface area contributed by atoms with Gasteiger partial charge in [-0.3, -0.25) is 4.72 Å². The van der Waals surface area contributed by atoms with E-state index in [1.807, 2.05) is 0 Å². The summed E-state index contributed by atoms with van der Waals surface area (Å²) in [7, 11) is -3.71. The number of carbonyl (C=O) groups is 1. The zero-order chi connectivity index (χ0) is 14.9. The molecule has 0 aliphatic rings. The highest BCUT2D eigenvalue weighted by Crippen LogP contribution is 2.28. The van der Waals surface area contributed by atoms with Crippen molar-refractivity contribution in [1.82, 2.24) is 0 Å². The molecule has 1 heterocycles. The number of benzene rings is 1. The van der Waals surface area contributed by atoms with Gasteiger partial charge in [0.15, 0.2) is 0 Å². The van der Waals surface area contributed by atoms with Gasteiger partial charge < -0.3 is 5.11 Å². The summed E-state index contributed by atoms with van der Waals surface area (Å²) in [5.74, 6) is -1.07. The topological polar surface area (TPSA) is 83.5 Å². The Labute approximate surface area is 128 Å². The van der Waals surface area contributed by atoms with Crippen LogP contribution in [0.15, 0.2) is 39.7 Å². The van der Waals surface area contributed by atoms with E-state index < -0.39 is 16.0 Å². The Morgan fingerprint density at radius 2 is 1.90 bits per heavy atom. The van der Waals surface area contributed by atoms with Crippen LogP contribution in [-0.4, -0.2) is 19.5 Å². The van der Waals surface area contributed by atoms with Crippen molar-refractivity contribution in [2.75, 3.05) is 4.72 Å². The first-order valence-electron chi connectivity index (χ1n) is 5.42. The van der Waals surface area contributed by atoms with Crippen molar-refractivity contribution in [3.05, 3.63) is 45.2 Å². The molecule has 0 fully saturated rings. The van der Waals surface area contributed by atoms with Crippen LogP contribution in [0.2, 0.25) is 0 Å². The van der Waals surface area contributed by atoms with E-state index in [1.165, 1.54) is 18.2 Å². The summed E-state index contributed by atoms with van der Waals surface area (Å²) < 4.78 is 27.4. The van der Waals surface area contributed by atoms with Gasteiger partial charge in [0.2, 0.25) is 0 Å². The number of carboxylic acids is 1. The summed E-state index contributed by atoms with van der Waals surface area (Å²) in [5.41, 5.74) is 0.524. The van der Waals surface area contributed by atoms with Crippen LogP contribution in [0.1, 0.15) is 15.2 Å². The fourth-order valence-corrected chi connectivity index (χ4v) is 4.01. The number of rotatable bonds is 4. The molecule has 0 unspecified atom stereocenters. The molecule has 2 aromatic rings. The van der Waals surface area contributed by atoms with E-state index in [-0.39, 0.29) is 14.8 Å². The highest BCUT2D eigenvalue weighted by Gasteiger charge is 2.18. The Morgan fingerprint density at radius 3 is 2.40 bits per heavy atom. The first kappa shape index (κ1) is 15.0. The molecule has 0 radical (unpaired) electrons. The smallest absolute Gasteiger partial charge is 0.346 e. The van der Waals surface area contributed by atoms with Gasteiger partial charge in [-0.1, -0.05) is 15.9 Å². The van der Waals surface area contributed by atoms with Gasteiger partial charge in [-0.05, 0) is 42.8 Å². The highest BCUT2D eigenvalue weighted by molar-refractivity contribution is 9.10. The van der Waals surface area contributed by atoms with Crippen LogP contribution in [0.25, 0.3) is 0 Å². The normalized spacial score (nSPS) is 11.3. The summed E-state index contributed by atoms with van der Waals surface area (Å²) in [6, 6.07) is 7.67. The molecule has 0 bridgehead atoms. The molecule has 0 spiro atoms. The SMILES string of the molecule is Cc1cc(NS(=O)(=O)c2ccc(Br)cc2)sc1C(=O)O. The van der Waals surface area contributed by atoms with Crippen molar-refractivity contribution in [3.8, 4) is 0 Å². The van der Waals surface area contributed by atoms with Gasteiger partial charge >= 0.3 is 5.97 Å². The Balaban J connectivity index is 2.31. The van der Waals surface area contributed by atoms with Gasteiger partial charge in [-0.2, -0.15) is 0 Å². The Kier molecular flexibility index (Phi) is 4.17. The minimum absolute atomic E-state index is 0.114. The van der Waals surface area contributed by atoms with E-state index in [4.69, 9.17) is 5.11 Å². The van der Waals surface area contributed by atoms with Crippen molar-refractivity contribution in [2.24, 2.45) is 0 Å². The minimum atomic E-state index is -3.71. The third-order valence-electron chi connectivity index (χ3n) is 2.47. The van der Waals surface area contributed by atoms with Crippen LogP contribution in [-0.2, 0) is 10.0 Å². The fraction of sp³-hybridized carbons (Fsp3) is 0.0833. The molecule has 2 N–H and O–H groups in total. The van der Waals surface area contributed by atoms with Crippen molar-refractivity contribution in [3.63, 3.8) is 0 Å². The van der Waals surface area contributed by atoms with E-state index in [1.54, 1.807) is 19.1 Å². The highest BCUT2D eigenvalue weighted by atomic mass is 79.9. The average Bonchev–Trinajstić information content (AvgIpc) is 2.70. The molecule has 0 saturated heterocycles. The molecular weight excluding hydrogens is 366 g/mol. The Hall–Kier alpha value is -1.38. The van der Waals surface area contributed by atoms with Crippen LogP contribution < -0.4 is 4.72 Å². The van der Waals surface area contributed by atoms with Gasteiger partial charge in [0, 0.05) is 4.47 Å². The molecule has 20 heavy (non-hydrogen) atoms. The fourth-order valence-electron chi connectivity index (χ4n) is 1.55. The second kappa shape index (κ2) is 5.55. The third-order valence-corrected chi connectivity index (χ3v) is 5.65. The summed E-state index contributed by atoms with van der Waals surface area (Å²) in [6.45, 7) is 1.62. The van der Waals surface area contributed by atoms with Crippen molar-refractivity contribution >= 4 is 48.3 Å². The number of aryl methyl sites for hydroxylation is 1. The maximum absolute atomic E-state index is 12.1. The lowest BCUT2D eigenvalue weighted by Crippen LogP contribution is -2.11. The number of hydrogen-bond acceptors (Lipinski definition) is 4. The van der Waals surface area contributed by atoms with E-state index in [2.05, 4.69) is 20.7 Å². The van der Waals surface area contributed by atoms with Gasteiger partial charge in [0.05, 0.1) is 4.90 Å². The quantitative estimate of drug-likeness (QED) is 0.858. The maximum atomic E-state index is 12.1. The van der Waals surface area contributed by atoms with Gasteiger partial charge in [-0.25, -0.2) is 13.2 Å². The van der Waals surface area contributed by atoms with Gasteiger partial charge in [-0.15, -0.1) is 11.3 Å². The number of carboxylic acid groups (broad SMARTS) is 1. The van der Waals surface area contributed by atoms with E-state index in [0.717, 1.165) is 15.8 Å². The lowest BCUT2D eigenvalue weighted by molar-refractivity contribution is 0.0701. The first-order chi connectivity index (χ1) is 9.29. The number of thiophene rings is 1. The van der Waals surface area contributed by atoms with E-state index in [0.29, 0.717) is 5.56 Å². The molecule has 0 aliphatic carbocycles. The monoisotopic (exact) mass is 375 g/mol. The maximum Gasteiger partial charge on any atom is 0.346 e. The second-order valence-corrected chi connectivity index (χ2v) is 7.64. The number of hydrogen-bond donors (Lipinski definition) is 2. The van der Waals surface area contributed by atoms with Crippen LogP contribution >= 0.6 is 27.3 Å². The Morgan fingerprint density at radius 1 is 1.30 bits per heavy atom.